The molecule has 2 aliphatic carbocycles. The van der Waals surface area contributed by atoms with Crippen molar-refractivity contribution in [3.8, 4) is 55.6 Å². The van der Waals surface area contributed by atoms with E-state index in [1.165, 1.54) is 55.6 Å². The van der Waals surface area contributed by atoms with E-state index in [9.17, 15) is 0 Å². The zero-order chi connectivity index (χ0) is 45.9. The summed E-state index contributed by atoms with van der Waals surface area (Å²) in [5, 5.41) is 4.51. The minimum Gasteiger partial charge on any atom is -0.456 e. The molecule has 2 aromatic heterocycles. The fourth-order valence-electron chi connectivity index (χ4n) is 12.2. The van der Waals surface area contributed by atoms with Gasteiger partial charge in [0, 0.05) is 44.0 Å². The van der Waals surface area contributed by atoms with E-state index in [0.29, 0.717) is 0 Å². The second-order valence-corrected chi connectivity index (χ2v) is 18.7. The zero-order valence-corrected chi connectivity index (χ0v) is 37.9. The topological polar surface area (TPSA) is 29.5 Å². The van der Waals surface area contributed by atoms with Gasteiger partial charge in [-0.2, -0.15) is 0 Å². The Labute approximate surface area is 404 Å². The molecule has 0 amide bonds. The van der Waals surface area contributed by atoms with E-state index >= 15 is 0 Å². The van der Waals surface area contributed by atoms with Gasteiger partial charge in [-0.25, -0.2) is 0 Å². The van der Waals surface area contributed by atoms with Crippen LogP contribution in [-0.2, 0) is 5.41 Å². The number of hydrogen-bond acceptors (Lipinski definition) is 3. The SMILES string of the molecule is c1ccc(-c2ccccc2N(c2ccc(-c3cccc4c3oc3ccccc34)cc2)c2ccc3c(c2)-c2ccccc2-c2ccccc2C32c3ccccc3-c3cc4c(cc32)oc2ccccc24)cc1. The maximum absolute atomic E-state index is 6.74. The van der Waals surface area contributed by atoms with Crippen molar-refractivity contribution in [1.82, 2.24) is 0 Å². The molecule has 326 valence electrons. The molecule has 0 radical (unpaired) electrons. The summed E-state index contributed by atoms with van der Waals surface area (Å²) in [6.07, 6.45) is 0. The van der Waals surface area contributed by atoms with Gasteiger partial charge in [-0.05, 0) is 121 Å². The standard InChI is InChI=1S/C67H41NO2/c1-2-17-42(18-3-1)46-19-8-13-30-62(46)68(44-35-33-43(34-36-44)47-26-16-27-54-52-24-9-15-32-64(52)70-66(47)54)45-37-38-60-55(39-45)49-21-5-4-20-48(49)50-22-6-11-28-58(50)67(60)59-29-12-7-23-51(59)56-40-57-53-25-10-14-31-63(53)69-65(57)41-61(56)67/h1-41H. The highest BCUT2D eigenvalue weighted by Crippen LogP contribution is 2.63. The fraction of sp³-hybridized carbons (Fsp3) is 0.0149. The van der Waals surface area contributed by atoms with E-state index in [0.717, 1.165) is 83.2 Å². The minimum atomic E-state index is -0.672. The Morgan fingerprint density at radius 1 is 0.271 bits per heavy atom. The summed E-state index contributed by atoms with van der Waals surface area (Å²) < 4.78 is 13.3. The number of anilines is 3. The lowest BCUT2D eigenvalue weighted by atomic mass is 9.66. The van der Waals surface area contributed by atoms with Crippen LogP contribution in [0.15, 0.2) is 258 Å². The van der Waals surface area contributed by atoms with Crippen LogP contribution in [0.1, 0.15) is 22.3 Å². The predicted octanol–water partition coefficient (Wildman–Crippen LogP) is 18.3. The molecule has 3 nitrogen and oxygen atoms in total. The predicted molar refractivity (Wildman–Crippen MR) is 288 cm³/mol. The highest BCUT2D eigenvalue weighted by molar-refractivity contribution is 6.11. The van der Waals surface area contributed by atoms with Crippen LogP contribution in [0, 0.1) is 0 Å². The Kier molecular flexibility index (Phi) is 8.28. The molecule has 1 spiro atoms. The first-order valence-electron chi connectivity index (χ1n) is 24.1. The number of furan rings is 2. The van der Waals surface area contributed by atoms with E-state index in [1.54, 1.807) is 0 Å². The van der Waals surface area contributed by atoms with Crippen molar-refractivity contribution in [2.45, 2.75) is 5.41 Å². The van der Waals surface area contributed by atoms with Gasteiger partial charge in [0.2, 0.25) is 0 Å². The van der Waals surface area contributed by atoms with Crippen LogP contribution in [0.4, 0.5) is 17.1 Å². The molecule has 2 heterocycles. The quantitative estimate of drug-likeness (QED) is 0.172. The molecule has 1 unspecified atom stereocenters. The van der Waals surface area contributed by atoms with Gasteiger partial charge in [-0.15, -0.1) is 0 Å². The summed E-state index contributed by atoms with van der Waals surface area (Å²) in [4.78, 5) is 2.44. The lowest BCUT2D eigenvalue weighted by Gasteiger charge is -2.36. The Bertz CT molecular complexity index is 4250. The first-order valence-corrected chi connectivity index (χ1v) is 24.1. The van der Waals surface area contributed by atoms with Gasteiger partial charge in [-0.3, -0.25) is 0 Å². The van der Waals surface area contributed by atoms with E-state index in [1.807, 2.05) is 12.1 Å². The minimum absolute atomic E-state index is 0.672. The Morgan fingerprint density at radius 2 is 0.786 bits per heavy atom. The molecule has 15 rings (SSSR count). The molecule has 0 fully saturated rings. The van der Waals surface area contributed by atoms with Crippen molar-refractivity contribution < 1.29 is 8.83 Å². The van der Waals surface area contributed by atoms with Crippen LogP contribution in [0.3, 0.4) is 0 Å². The highest BCUT2D eigenvalue weighted by Gasteiger charge is 2.50. The molecule has 0 saturated heterocycles. The van der Waals surface area contributed by atoms with E-state index in [-0.39, 0.29) is 0 Å². The number of fused-ring (bicyclic) bond motifs is 18. The largest absolute Gasteiger partial charge is 0.456 e. The average molecular weight is 892 g/mol. The summed E-state index contributed by atoms with van der Waals surface area (Å²) in [6.45, 7) is 0. The third kappa shape index (κ3) is 5.46. The molecule has 3 heteroatoms. The Balaban J connectivity index is 0.994. The number of nitrogens with zero attached hydrogens (tertiary/aromatic N) is 1. The first kappa shape index (κ1) is 38.9. The van der Waals surface area contributed by atoms with Crippen LogP contribution in [-0.4, -0.2) is 0 Å². The Morgan fingerprint density at radius 3 is 1.54 bits per heavy atom. The van der Waals surface area contributed by atoms with Crippen molar-refractivity contribution >= 4 is 60.9 Å². The van der Waals surface area contributed by atoms with Gasteiger partial charge in [0.05, 0.1) is 11.1 Å². The zero-order valence-electron chi connectivity index (χ0n) is 37.9. The molecule has 0 bridgehead atoms. The van der Waals surface area contributed by atoms with Gasteiger partial charge >= 0.3 is 0 Å². The summed E-state index contributed by atoms with van der Waals surface area (Å²) in [7, 11) is 0. The van der Waals surface area contributed by atoms with Gasteiger partial charge in [-0.1, -0.05) is 194 Å². The monoisotopic (exact) mass is 891 g/mol. The van der Waals surface area contributed by atoms with E-state index < -0.39 is 5.41 Å². The fourth-order valence-corrected chi connectivity index (χ4v) is 12.2. The lowest BCUT2D eigenvalue weighted by Crippen LogP contribution is -2.29. The molecule has 2 aliphatic rings. The van der Waals surface area contributed by atoms with Crippen LogP contribution in [0.5, 0.6) is 0 Å². The average Bonchev–Trinajstić information content (AvgIpc) is 4.07. The van der Waals surface area contributed by atoms with Gasteiger partial charge < -0.3 is 13.7 Å². The van der Waals surface area contributed by atoms with Crippen molar-refractivity contribution in [2.24, 2.45) is 0 Å². The normalized spacial score (nSPS) is 14.3. The molecule has 13 aromatic rings. The second kappa shape index (κ2) is 14.9. The summed E-state index contributed by atoms with van der Waals surface area (Å²) in [6, 6.07) is 90.8. The molecule has 0 saturated carbocycles. The van der Waals surface area contributed by atoms with Gasteiger partial charge in [0.25, 0.3) is 0 Å². The smallest absolute Gasteiger partial charge is 0.143 e. The van der Waals surface area contributed by atoms with Crippen LogP contribution in [0.2, 0.25) is 0 Å². The molecular formula is C67H41NO2. The molecule has 11 aromatic carbocycles. The van der Waals surface area contributed by atoms with Crippen LogP contribution >= 0.6 is 0 Å². The van der Waals surface area contributed by atoms with Crippen LogP contribution in [0.25, 0.3) is 99.5 Å². The Hall–Kier alpha value is -9.18. The first-order chi connectivity index (χ1) is 34.7. The number of rotatable bonds is 5. The van der Waals surface area contributed by atoms with E-state index in [4.69, 9.17) is 8.83 Å². The molecule has 1 atom stereocenters. The van der Waals surface area contributed by atoms with Gasteiger partial charge in [0.15, 0.2) is 0 Å². The van der Waals surface area contributed by atoms with Crippen molar-refractivity contribution in [1.29, 1.82) is 0 Å². The highest BCUT2D eigenvalue weighted by atomic mass is 16.3. The molecule has 70 heavy (non-hydrogen) atoms. The molecular weight excluding hydrogens is 851 g/mol. The van der Waals surface area contributed by atoms with Crippen molar-refractivity contribution in [3.05, 3.63) is 271 Å². The molecule has 0 aliphatic heterocycles. The number of benzene rings is 11. The third-order valence-corrected chi connectivity index (χ3v) is 15.1. The summed E-state index contributed by atoms with van der Waals surface area (Å²) in [5.41, 5.74) is 22.9. The van der Waals surface area contributed by atoms with Crippen LogP contribution < -0.4 is 4.90 Å². The molecule has 0 N–H and O–H groups in total. The number of para-hydroxylation sites is 4. The van der Waals surface area contributed by atoms with E-state index in [2.05, 4.69) is 241 Å². The van der Waals surface area contributed by atoms with Crippen molar-refractivity contribution in [2.75, 3.05) is 4.90 Å². The third-order valence-electron chi connectivity index (χ3n) is 15.1. The van der Waals surface area contributed by atoms with Gasteiger partial charge in [0.1, 0.15) is 22.3 Å². The summed E-state index contributed by atoms with van der Waals surface area (Å²) >= 11 is 0. The summed E-state index contributed by atoms with van der Waals surface area (Å²) in [5.74, 6) is 0. The maximum atomic E-state index is 6.74. The number of hydrogen-bond donors (Lipinski definition) is 0. The maximum Gasteiger partial charge on any atom is 0.143 e. The van der Waals surface area contributed by atoms with Crippen molar-refractivity contribution in [3.63, 3.8) is 0 Å². The second-order valence-electron chi connectivity index (χ2n) is 18.7. The lowest BCUT2D eigenvalue weighted by molar-refractivity contribution is 0.666.